The van der Waals surface area contributed by atoms with Crippen molar-refractivity contribution < 1.29 is 9.72 Å². The Morgan fingerprint density at radius 2 is 1.81 bits per heavy atom. The van der Waals surface area contributed by atoms with Crippen molar-refractivity contribution in [2.75, 3.05) is 0 Å². The minimum atomic E-state index is -0.878. The maximum atomic E-state index is 10.9. The fourth-order valence-corrected chi connectivity index (χ4v) is 1.85. The van der Waals surface area contributed by atoms with Gasteiger partial charge in [-0.15, -0.1) is 0 Å². The summed E-state index contributed by atoms with van der Waals surface area (Å²) in [7, 11) is 0. The molecule has 4 nitrogen and oxygen atoms in total. The van der Waals surface area contributed by atoms with E-state index in [1.807, 2.05) is 12.4 Å². The molecule has 21 heavy (non-hydrogen) atoms. The second-order valence-corrected chi connectivity index (χ2v) is 5.03. The fourth-order valence-electron chi connectivity index (χ4n) is 1.85. The molecule has 1 radical (unpaired) electrons. The molecule has 0 saturated carbocycles. The van der Waals surface area contributed by atoms with Crippen LogP contribution >= 0.6 is 0 Å². The zero-order valence-electron chi connectivity index (χ0n) is 13.0. The average Bonchev–Trinajstić information content (AvgIpc) is 2.47. The van der Waals surface area contributed by atoms with E-state index in [0.29, 0.717) is 12.8 Å². The van der Waals surface area contributed by atoms with Crippen molar-refractivity contribution >= 4 is 6.29 Å². The average molecular weight is 292 g/mol. The van der Waals surface area contributed by atoms with Crippen LogP contribution in [0.2, 0.25) is 0 Å². The van der Waals surface area contributed by atoms with E-state index >= 15 is 0 Å². The lowest BCUT2D eigenvalue weighted by Gasteiger charge is -1.97. The monoisotopic (exact) mass is 292 g/mol. The number of nitro groups is 1. The number of nitrogens with zero attached hydrogens (tertiary/aromatic N) is 1. The summed E-state index contributed by atoms with van der Waals surface area (Å²) in [5.74, 6) is 5.60. The fraction of sp³-hybridized carbons (Fsp3) is 0.706. The van der Waals surface area contributed by atoms with Gasteiger partial charge in [0.1, 0.15) is 0 Å². The Kier molecular flexibility index (Phi) is 13.6. The maximum absolute atomic E-state index is 10.9. The molecule has 4 heteroatoms. The van der Waals surface area contributed by atoms with Gasteiger partial charge in [-0.25, -0.2) is 0 Å². The first kappa shape index (κ1) is 19.4. The van der Waals surface area contributed by atoms with Crippen molar-refractivity contribution in [2.24, 2.45) is 0 Å². The molecule has 0 aliphatic rings. The topological polar surface area (TPSA) is 60.2 Å². The highest BCUT2D eigenvalue weighted by Gasteiger charge is 2.10. The highest BCUT2D eigenvalue weighted by molar-refractivity contribution is 5.50. The van der Waals surface area contributed by atoms with E-state index in [1.54, 1.807) is 6.08 Å². The number of carbonyl (C=O) groups excluding carboxylic acids is 1. The van der Waals surface area contributed by atoms with E-state index in [-0.39, 0.29) is 4.92 Å². The highest BCUT2D eigenvalue weighted by Crippen LogP contribution is 2.04. The summed E-state index contributed by atoms with van der Waals surface area (Å²) in [5.41, 5.74) is 0. The lowest BCUT2D eigenvalue weighted by molar-refractivity contribution is -0.493. The Morgan fingerprint density at radius 1 is 1.10 bits per heavy atom. The number of rotatable bonds is 12. The minimum Gasteiger partial charge on any atom is -0.291 e. The van der Waals surface area contributed by atoms with Gasteiger partial charge in [-0.1, -0.05) is 44.6 Å². The van der Waals surface area contributed by atoms with Gasteiger partial charge in [0, 0.05) is 17.8 Å². The van der Waals surface area contributed by atoms with E-state index in [2.05, 4.69) is 18.8 Å². The summed E-state index contributed by atoms with van der Waals surface area (Å²) < 4.78 is 0. The summed E-state index contributed by atoms with van der Waals surface area (Å²) in [6, 6.07) is -0.878. The van der Waals surface area contributed by atoms with Crippen LogP contribution in [0.4, 0.5) is 0 Å². The zero-order chi connectivity index (χ0) is 15.8. The summed E-state index contributed by atoms with van der Waals surface area (Å²) in [6.07, 6.45) is 14.6. The van der Waals surface area contributed by atoms with Crippen molar-refractivity contribution in [1.82, 2.24) is 0 Å². The number of hydrogen-bond donors (Lipinski definition) is 0. The zero-order valence-corrected chi connectivity index (χ0v) is 13.0. The van der Waals surface area contributed by atoms with Crippen LogP contribution in [-0.4, -0.2) is 17.3 Å². The molecule has 0 rings (SSSR count). The van der Waals surface area contributed by atoms with Crippen LogP contribution in [0.5, 0.6) is 0 Å². The van der Waals surface area contributed by atoms with Crippen molar-refractivity contribution in [3.8, 4) is 11.8 Å². The van der Waals surface area contributed by atoms with Gasteiger partial charge in [-0.05, 0) is 37.7 Å². The predicted molar refractivity (Wildman–Crippen MR) is 85.2 cm³/mol. The van der Waals surface area contributed by atoms with Gasteiger partial charge in [0.05, 0.1) is 0 Å². The Hall–Kier alpha value is -1.63. The number of unbranched alkanes of at least 4 members (excludes halogenated alkanes) is 8. The summed E-state index contributed by atoms with van der Waals surface area (Å²) in [5, 5.41) is 10.9. The Morgan fingerprint density at radius 3 is 2.43 bits per heavy atom. The molecule has 117 valence electrons. The van der Waals surface area contributed by atoms with Gasteiger partial charge in [0.25, 0.3) is 6.04 Å². The molecule has 0 fully saturated rings. The first-order chi connectivity index (χ1) is 10.2. The summed E-state index contributed by atoms with van der Waals surface area (Å²) in [4.78, 5) is 20.5. The lowest BCUT2D eigenvalue weighted by Crippen LogP contribution is -2.13. The molecule has 1 unspecified atom stereocenters. The molecule has 0 saturated heterocycles. The third kappa shape index (κ3) is 13.1. The molecule has 0 N–H and O–H groups in total. The van der Waals surface area contributed by atoms with Gasteiger partial charge < -0.3 is 0 Å². The largest absolute Gasteiger partial charge is 0.291 e. The van der Waals surface area contributed by atoms with Gasteiger partial charge in [0.15, 0.2) is 6.29 Å². The van der Waals surface area contributed by atoms with Crippen LogP contribution in [0, 0.1) is 22.0 Å². The van der Waals surface area contributed by atoms with Crippen molar-refractivity contribution in [1.29, 1.82) is 0 Å². The molecule has 0 aliphatic heterocycles. The third-order valence-electron chi connectivity index (χ3n) is 3.10. The molecule has 0 aromatic carbocycles. The second-order valence-electron chi connectivity index (χ2n) is 5.03. The molecule has 0 bridgehead atoms. The van der Waals surface area contributed by atoms with E-state index in [1.165, 1.54) is 0 Å². The SMILES string of the molecule is CCCCCC=CC(C#CCCCCCC[C]=O)[N+](=O)[O-]. The molecular formula is C17H26NO3. The van der Waals surface area contributed by atoms with Crippen LogP contribution in [-0.2, 0) is 4.79 Å². The van der Waals surface area contributed by atoms with Gasteiger partial charge in [-0.3, -0.25) is 14.9 Å². The first-order valence-corrected chi connectivity index (χ1v) is 7.86. The highest BCUT2D eigenvalue weighted by atomic mass is 16.6. The smallest absolute Gasteiger partial charge is 0.290 e. The summed E-state index contributed by atoms with van der Waals surface area (Å²) in [6.45, 7) is 2.13. The molecule has 0 aromatic heterocycles. The first-order valence-electron chi connectivity index (χ1n) is 7.86. The van der Waals surface area contributed by atoms with E-state index in [0.717, 1.165) is 51.4 Å². The third-order valence-corrected chi connectivity index (χ3v) is 3.10. The lowest BCUT2D eigenvalue weighted by atomic mass is 10.1. The van der Waals surface area contributed by atoms with E-state index in [9.17, 15) is 14.9 Å². The standard InChI is InChI=1S/C17H26NO3/c1-2-3-4-8-11-14-17(18(20)21)15-12-9-6-5-7-10-13-16-19/h11,14,17H,2-10,13H2,1H3. The van der Waals surface area contributed by atoms with Crippen LogP contribution in [0.25, 0.3) is 0 Å². The van der Waals surface area contributed by atoms with Crippen molar-refractivity contribution in [2.45, 2.75) is 77.2 Å². The van der Waals surface area contributed by atoms with Crippen LogP contribution in [0.1, 0.15) is 71.1 Å². The van der Waals surface area contributed by atoms with Crippen LogP contribution in [0.15, 0.2) is 12.2 Å². The quantitative estimate of drug-likeness (QED) is 0.178. The van der Waals surface area contributed by atoms with Crippen molar-refractivity contribution in [3.05, 3.63) is 22.3 Å². The second kappa shape index (κ2) is 14.8. The molecule has 0 amide bonds. The Labute approximate surface area is 128 Å². The molecular weight excluding hydrogens is 266 g/mol. The Balaban J connectivity index is 3.90. The van der Waals surface area contributed by atoms with E-state index in [4.69, 9.17) is 0 Å². The minimum absolute atomic E-state index is 0.344. The van der Waals surface area contributed by atoms with Gasteiger partial charge >= 0.3 is 0 Å². The van der Waals surface area contributed by atoms with Gasteiger partial charge in [-0.2, -0.15) is 0 Å². The number of allylic oxidation sites excluding steroid dienone is 1. The van der Waals surface area contributed by atoms with E-state index < -0.39 is 6.04 Å². The van der Waals surface area contributed by atoms with Crippen molar-refractivity contribution in [3.63, 3.8) is 0 Å². The molecule has 1 atom stereocenters. The number of hydrogen-bond acceptors (Lipinski definition) is 3. The van der Waals surface area contributed by atoms with Crippen LogP contribution in [0.3, 0.4) is 0 Å². The predicted octanol–water partition coefficient (Wildman–Crippen LogP) is 4.22. The maximum Gasteiger partial charge on any atom is 0.290 e. The molecule has 0 heterocycles. The molecule has 0 aromatic rings. The summed E-state index contributed by atoms with van der Waals surface area (Å²) >= 11 is 0. The van der Waals surface area contributed by atoms with Gasteiger partial charge in [0.2, 0.25) is 0 Å². The van der Waals surface area contributed by atoms with Crippen LogP contribution < -0.4 is 0 Å². The Bertz CT molecular complexity index is 366. The molecule has 0 aliphatic carbocycles. The normalized spacial score (nSPS) is 11.9. The molecule has 0 spiro atoms.